The van der Waals surface area contributed by atoms with Gasteiger partial charge in [-0.15, -0.1) is 11.8 Å². The highest BCUT2D eigenvalue weighted by Gasteiger charge is 2.23. The van der Waals surface area contributed by atoms with Crippen LogP contribution in [-0.4, -0.2) is 37.0 Å². The topological polar surface area (TPSA) is 32.3 Å². The summed E-state index contributed by atoms with van der Waals surface area (Å²) in [5.74, 6) is 1.03. The Hall–Kier alpha value is -1.78. The molecule has 0 bridgehead atoms. The molecule has 1 saturated heterocycles. The van der Waals surface area contributed by atoms with Crippen molar-refractivity contribution in [2.24, 2.45) is 0 Å². The molecule has 23 heavy (non-hydrogen) atoms. The standard InChI is InChI=1S/C19H22N2OS/c1-21(17-11-12-20-13-17)19(22)16-9-7-15(8-10-16)14-23-18-5-3-2-4-6-18/h2-10,17,20H,11-14H2,1H3. The number of hydrogen-bond acceptors (Lipinski definition) is 3. The first kappa shape index (κ1) is 16.1. The Morgan fingerprint density at radius 1 is 1.17 bits per heavy atom. The molecule has 0 radical (unpaired) electrons. The third-order valence-electron chi connectivity index (χ3n) is 4.25. The highest BCUT2D eigenvalue weighted by molar-refractivity contribution is 7.98. The van der Waals surface area contributed by atoms with Crippen LogP contribution in [-0.2, 0) is 5.75 Å². The third kappa shape index (κ3) is 4.15. The van der Waals surface area contributed by atoms with Crippen LogP contribution in [0, 0.1) is 0 Å². The van der Waals surface area contributed by atoms with Crippen molar-refractivity contribution in [2.75, 3.05) is 20.1 Å². The second-order valence-corrected chi connectivity index (χ2v) is 6.91. The van der Waals surface area contributed by atoms with Crippen molar-refractivity contribution in [3.8, 4) is 0 Å². The zero-order valence-electron chi connectivity index (χ0n) is 13.4. The minimum Gasteiger partial charge on any atom is -0.337 e. The highest BCUT2D eigenvalue weighted by Crippen LogP contribution is 2.22. The van der Waals surface area contributed by atoms with Crippen molar-refractivity contribution < 1.29 is 4.79 Å². The summed E-state index contributed by atoms with van der Waals surface area (Å²) in [6.07, 6.45) is 1.04. The summed E-state index contributed by atoms with van der Waals surface area (Å²) in [6, 6.07) is 18.7. The SMILES string of the molecule is CN(C(=O)c1ccc(CSc2ccccc2)cc1)C1CCNC1. The van der Waals surface area contributed by atoms with Crippen LogP contribution in [0.4, 0.5) is 0 Å². The maximum atomic E-state index is 12.5. The second kappa shape index (κ2) is 7.66. The quantitative estimate of drug-likeness (QED) is 0.855. The van der Waals surface area contributed by atoms with E-state index in [9.17, 15) is 4.79 Å². The molecular formula is C19H22N2OS. The van der Waals surface area contributed by atoms with Gasteiger partial charge in [0.15, 0.2) is 0 Å². The molecule has 120 valence electrons. The summed E-state index contributed by atoms with van der Waals surface area (Å²) in [5.41, 5.74) is 2.01. The molecule has 1 unspecified atom stereocenters. The van der Waals surface area contributed by atoms with Crippen LogP contribution in [0.1, 0.15) is 22.3 Å². The van der Waals surface area contributed by atoms with Gasteiger partial charge in [0.25, 0.3) is 5.91 Å². The van der Waals surface area contributed by atoms with Crippen molar-refractivity contribution in [1.82, 2.24) is 10.2 Å². The smallest absolute Gasteiger partial charge is 0.253 e. The fourth-order valence-corrected chi connectivity index (χ4v) is 3.64. The number of hydrogen-bond donors (Lipinski definition) is 1. The summed E-state index contributed by atoms with van der Waals surface area (Å²) in [7, 11) is 1.90. The molecule has 2 aromatic carbocycles. The molecule has 1 amide bonds. The minimum absolute atomic E-state index is 0.112. The lowest BCUT2D eigenvalue weighted by atomic mass is 10.1. The van der Waals surface area contributed by atoms with E-state index in [1.54, 1.807) is 0 Å². The van der Waals surface area contributed by atoms with Gasteiger partial charge < -0.3 is 10.2 Å². The van der Waals surface area contributed by atoms with Gasteiger partial charge in [0, 0.05) is 35.8 Å². The third-order valence-corrected chi connectivity index (χ3v) is 5.34. The monoisotopic (exact) mass is 326 g/mol. The zero-order chi connectivity index (χ0) is 16.1. The first-order valence-corrected chi connectivity index (χ1v) is 8.97. The average Bonchev–Trinajstić information content (AvgIpc) is 3.15. The average molecular weight is 326 g/mol. The number of benzene rings is 2. The maximum Gasteiger partial charge on any atom is 0.253 e. The van der Waals surface area contributed by atoms with Gasteiger partial charge in [-0.25, -0.2) is 0 Å². The lowest BCUT2D eigenvalue weighted by Crippen LogP contribution is -2.38. The molecular weight excluding hydrogens is 304 g/mol. The number of nitrogens with one attached hydrogen (secondary N) is 1. The summed E-state index contributed by atoms with van der Waals surface area (Å²) >= 11 is 1.81. The molecule has 1 heterocycles. The Balaban J connectivity index is 1.59. The highest BCUT2D eigenvalue weighted by atomic mass is 32.2. The lowest BCUT2D eigenvalue weighted by molar-refractivity contribution is 0.0744. The summed E-state index contributed by atoms with van der Waals surface area (Å²) < 4.78 is 0. The van der Waals surface area contributed by atoms with E-state index in [1.807, 2.05) is 41.9 Å². The van der Waals surface area contributed by atoms with Gasteiger partial charge in [-0.05, 0) is 42.8 Å². The fraction of sp³-hybridized carbons (Fsp3) is 0.316. The van der Waals surface area contributed by atoms with E-state index in [-0.39, 0.29) is 5.91 Å². The van der Waals surface area contributed by atoms with Crippen LogP contribution >= 0.6 is 11.8 Å². The summed E-state index contributed by atoms with van der Waals surface area (Å²) in [5, 5.41) is 3.30. The largest absolute Gasteiger partial charge is 0.337 e. The number of amides is 1. The lowest BCUT2D eigenvalue weighted by Gasteiger charge is -2.23. The van der Waals surface area contributed by atoms with E-state index in [2.05, 4.69) is 41.7 Å². The molecule has 1 N–H and O–H groups in total. The molecule has 0 aliphatic carbocycles. The van der Waals surface area contributed by atoms with Crippen molar-refractivity contribution >= 4 is 17.7 Å². The van der Waals surface area contributed by atoms with Crippen LogP contribution in [0.25, 0.3) is 0 Å². The van der Waals surface area contributed by atoms with E-state index < -0.39 is 0 Å². The van der Waals surface area contributed by atoms with E-state index in [4.69, 9.17) is 0 Å². The molecule has 3 rings (SSSR count). The summed E-state index contributed by atoms with van der Waals surface area (Å²) in [6.45, 7) is 1.89. The molecule has 2 aromatic rings. The molecule has 0 aromatic heterocycles. The van der Waals surface area contributed by atoms with Crippen LogP contribution in [0.2, 0.25) is 0 Å². The minimum atomic E-state index is 0.112. The maximum absolute atomic E-state index is 12.5. The van der Waals surface area contributed by atoms with Gasteiger partial charge >= 0.3 is 0 Å². The Morgan fingerprint density at radius 2 is 1.91 bits per heavy atom. The molecule has 1 atom stereocenters. The predicted molar refractivity (Wildman–Crippen MR) is 95.8 cm³/mol. The summed E-state index contributed by atoms with van der Waals surface area (Å²) in [4.78, 5) is 15.6. The normalized spacial score (nSPS) is 17.2. The molecule has 1 aliphatic rings. The first-order valence-electron chi connectivity index (χ1n) is 7.99. The van der Waals surface area contributed by atoms with Crippen molar-refractivity contribution in [3.63, 3.8) is 0 Å². The van der Waals surface area contributed by atoms with Crippen molar-refractivity contribution in [2.45, 2.75) is 23.1 Å². The van der Waals surface area contributed by atoms with E-state index in [0.717, 1.165) is 30.8 Å². The molecule has 0 spiro atoms. The van der Waals surface area contributed by atoms with Crippen LogP contribution < -0.4 is 5.32 Å². The molecule has 1 aliphatic heterocycles. The molecule has 3 nitrogen and oxygen atoms in total. The number of nitrogens with zero attached hydrogens (tertiary/aromatic N) is 1. The molecule has 1 fully saturated rings. The van der Waals surface area contributed by atoms with Crippen LogP contribution in [0.15, 0.2) is 59.5 Å². The number of likely N-dealkylation sites (N-methyl/N-ethyl adjacent to an activating group) is 1. The number of carbonyl (C=O) groups excluding carboxylic acids is 1. The van der Waals surface area contributed by atoms with Gasteiger partial charge in [-0.1, -0.05) is 30.3 Å². The van der Waals surface area contributed by atoms with Crippen molar-refractivity contribution in [1.29, 1.82) is 0 Å². The number of thioether (sulfide) groups is 1. The first-order chi connectivity index (χ1) is 11.2. The number of carbonyl (C=O) groups is 1. The van der Waals surface area contributed by atoms with Gasteiger partial charge in [0.05, 0.1) is 0 Å². The van der Waals surface area contributed by atoms with Gasteiger partial charge in [0.2, 0.25) is 0 Å². The van der Waals surface area contributed by atoms with Crippen molar-refractivity contribution in [3.05, 3.63) is 65.7 Å². The number of rotatable bonds is 5. The Morgan fingerprint density at radius 3 is 2.57 bits per heavy atom. The Kier molecular flexibility index (Phi) is 5.36. The van der Waals surface area contributed by atoms with Crippen LogP contribution in [0.5, 0.6) is 0 Å². The Bertz CT molecular complexity index is 636. The van der Waals surface area contributed by atoms with E-state index >= 15 is 0 Å². The molecule has 0 saturated carbocycles. The zero-order valence-corrected chi connectivity index (χ0v) is 14.2. The molecule has 4 heteroatoms. The Labute approximate surface area is 142 Å². The van der Waals surface area contributed by atoms with E-state index in [1.165, 1.54) is 10.5 Å². The van der Waals surface area contributed by atoms with E-state index in [0.29, 0.717) is 6.04 Å². The van der Waals surface area contributed by atoms with Gasteiger partial charge in [0.1, 0.15) is 0 Å². The van der Waals surface area contributed by atoms with Gasteiger partial charge in [-0.2, -0.15) is 0 Å². The van der Waals surface area contributed by atoms with Gasteiger partial charge in [-0.3, -0.25) is 4.79 Å². The second-order valence-electron chi connectivity index (χ2n) is 5.86. The van der Waals surface area contributed by atoms with Crippen LogP contribution in [0.3, 0.4) is 0 Å². The fourth-order valence-electron chi connectivity index (χ4n) is 2.77. The predicted octanol–water partition coefficient (Wildman–Crippen LogP) is 3.41.